The van der Waals surface area contributed by atoms with Crippen LogP contribution in [-0.4, -0.2) is 39.0 Å². The van der Waals surface area contributed by atoms with Gasteiger partial charge in [0.2, 0.25) is 5.91 Å². The number of fused-ring (bicyclic) bond motifs is 1. The van der Waals surface area contributed by atoms with Gasteiger partial charge in [0.1, 0.15) is 5.69 Å². The lowest BCUT2D eigenvalue weighted by atomic mass is 9.67. The summed E-state index contributed by atoms with van der Waals surface area (Å²) in [6.45, 7) is 0.410. The number of nitrogens with zero attached hydrogens (tertiary/aromatic N) is 4. The van der Waals surface area contributed by atoms with Gasteiger partial charge < -0.3 is 10.2 Å². The molecule has 33 heavy (non-hydrogen) atoms. The van der Waals surface area contributed by atoms with Crippen LogP contribution >= 0.6 is 11.6 Å². The van der Waals surface area contributed by atoms with Crippen molar-refractivity contribution in [2.45, 2.75) is 44.6 Å². The Labute approximate surface area is 193 Å². The summed E-state index contributed by atoms with van der Waals surface area (Å²) >= 11 is 6.14. The molecule has 0 bridgehead atoms. The molecule has 3 aromatic rings. The lowest BCUT2D eigenvalue weighted by Crippen LogP contribution is -2.52. The molecule has 0 unspecified atom stereocenters. The first-order valence-corrected chi connectivity index (χ1v) is 11.3. The van der Waals surface area contributed by atoms with Gasteiger partial charge in [0, 0.05) is 30.3 Å². The van der Waals surface area contributed by atoms with Crippen LogP contribution in [0.15, 0.2) is 36.7 Å². The first-order chi connectivity index (χ1) is 15.9. The van der Waals surface area contributed by atoms with Crippen molar-refractivity contribution in [3.8, 4) is 0 Å². The Bertz CT molecular complexity index is 1240. The second-order valence-corrected chi connectivity index (χ2v) is 9.15. The quantitative estimate of drug-likeness (QED) is 0.580. The number of nitrogens with one attached hydrogen (secondary N) is 1. The first-order valence-electron chi connectivity index (χ1n) is 10.9. The molecule has 2 aromatic heterocycles. The molecule has 10 heteroatoms. The van der Waals surface area contributed by atoms with Gasteiger partial charge >= 0.3 is 0 Å². The van der Waals surface area contributed by atoms with Gasteiger partial charge in [-0.05, 0) is 56.7 Å². The van der Waals surface area contributed by atoms with Crippen molar-refractivity contribution in [2.75, 3.05) is 11.4 Å². The molecule has 2 fully saturated rings. The van der Waals surface area contributed by atoms with Crippen molar-refractivity contribution in [1.29, 1.82) is 0 Å². The van der Waals surface area contributed by atoms with Crippen molar-refractivity contribution < 1.29 is 18.4 Å². The summed E-state index contributed by atoms with van der Waals surface area (Å²) in [5.41, 5.74) is 0.571. The molecule has 1 saturated carbocycles. The van der Waals surface area contributed by atoms with E-state index in [1.54, 1.807) is 18.3 Å². The van der Waals surface area contributed by atoms with E-state index in [0.29, 0.717) is 43.6 Å². The minimum absolute atomic E-state index is 0.0156. The van der Waals surface area contributed by atoms with E-state index in [0.717, 1.165) is 25.0 Å². The molecule has 0 radical (unpaired) electrons. The smallest absolute Gasteiger partial charge is 0.271 e. The van der Waals surface area contributed by atoms with Crippen molar-refractivity contribution in [1.82, 2.24) is 19.9 Å². The van der Waals surface area contributed by atoms with Crippen LogP contribution < -0.4 is 10.2 Å². The Kier molecular flexibility index (Phi) is 5.52. The Morgan fingerprint density at radius 1 is 1.18 bits per heavy atom. The third-order valence-electron chi connectivity index (χ3n) is 6.80. The number of hydrogen-bond acceptors (Lipinski definition) is 4. The maximum absolute atomic E-state index is 13.8. The number of carbonyl (C=O) groups excluding carboxylic acids is 2. The maximum atomic E-state index is 13.8. The highest BCUT2D eigenvalue weighted by molar-refractivity contribution is 6.33. The first kappa shape index (κ1) is 21.8. The zero-order valence-electron chi connectivity index (χ0n) is 17.7. The van der Waals surface area contributed by atoms with Crippen LogP contribution in [0.2, 0.25) is 5.02 Å². The van der Waals surface area contributed by atoms with E-state index in [1.165, 1.54) is 15.6 Å². The van der Waals surface area contributed by atoms with E-state index in [2.05, 4.69) is 15.4 Å². The molecule has 7 nitrogen and oxygen atoms in total. The van der Waals surface area contributed by atoms with E-state index in [9.17, 15) is 18.4 Å². The average molecular weight is 474 g/mol. The van der Waals surface area contributed by atoms with E-state index in [1.807, 2.05) is 0 Å². The second-order valence-electron chi connectivity index (χ2n) is 8.74. The third kappa shape index (κ3) is 3.84. The predicted molar refractivity (Wildman–Crippen MR) is 118 cm³/mol. The van der Waals surface area contributed by atoms with Crippen molar-refractivity contribution in [2.24, 2.45) is 5.41 Å². The van der Waals surface area contributed by atoms with Crippen molar-refractivity contribution in [3.63, 3.8) is 0 Å². The highest BCUT2D eigenvalue weighted by atomic mass is 35.5. The van der Waals surface area contributed by atoms with E-state index < -0.39 is 17.0 Å². The Morgan fingerprint density at radius 3 is 2.73 bits per heavy atom. The second kappa shape index (κ2) is 8.37. The lowest BCUT2D eigenvalue weighted by molar-refractivity contribution is -0.132. The van der Waals surface area contributed by atoms with Crippen LogP contribution in [-0.2, 0) is 4.79 Å². The van der Waals surface area contributed by atoms with Crippen LogP contribution in [0.1, 0.15) is 49.0 Å². The molecule has 1 aliphatic heterocycles. The Hall–Kier alpha value is -3.07. The molecule has 5 rings (SSSR count). The fourth-order valence-corrected chi connectivity index (χ4v) is 5.29. The number of piperidine rings is 1. The SMILES string of the molecule is O=C(NC1CCC2(CCCN(c3cc(F)c(F)cc3Cl)C2=O)CC1)c1cnc2cccnn12. The van der Waals surface area contributed by atoms with Crippen LogP contribution in [0.25, 0.3) is 5.65 Å². The standard InChI is InChI=1S/C23H22ClF2N5O2/c24-15-11-16(25)17(26)12-18(15)30-10-2-6-23(22(30)33)7-4-14(5-8-23)29-21(32)19-13-27-20-3-1-9-28-31(19)20/h1,3,9,11-14H,2,4-8,10H2,(H,29,32). The number of aromatic nitrogens is 3. The molecule has 2 aliphatic rings. The summed E-state index contributed by atoms with van der Waals surface area (Å²) in [5.74, 6) is -2.44. The molecule has 1 saturated heterocycles. The summed E-state index contributed by atoms with van der Waals surface area (Å²) in [4.78, 5) is 31.9. The van der Waals surface area contributed by atoms with Crippen LogP contribution in [0, 0.1) is 17.0 Å². The number of amides is 2. The van der Waals surface area contributed by atoms with Crippen molar-refractivity contribution in [3.05, 3.63) is 59.0 Å². The predicted octanol–water partition coefficient (Wildman–Crippen LogP) is 4.15. The largest absolute Gasteiger partial charge is 0.348 e. The number of benzene rings is 1. The van der Waals surface area contributed by atoms with Crippen molar-refractivity contribution >= 4 is 34.7 Å². The summed E-state index contributed by atoms with van der Waals surface area (Å²) in [5, 5.41) is 7.23. The Balaban J connectivity index is 1.28. The normalized spacial score (nSPS) is 23.3. The fraction of sp³-hybridized carbons (Fsp3) is 0.391. The van der Waals surface area contributed by atoms with E-state index in [-0.39, 0.29) is 28.6 Å². The monoisotopic (exact) mass is 473 g/mol. The summed E-state index contributed by atoms with van der Waals surface area (Å²) in [6, 6.07) is 5.34. The zero-order chi connectivity index (χ0) is 23.2. The molecule has 2 amide bonds. The molecule has 1 N–H and O–H groups in total. The average Bonchev–Trinajstić information content (AvgIpc) is 3.24. The van der Waals surface area contributed by atoms with Gasteiger partial charge in [0.25, 0.3) is 5.91 Å². The van der Waals surface area contributed by atoms with E-state index >= 15 is 0 Å². The van der Waals surface area contributed by atoms with Gasteiger partial charge in [-0.3, -0.25) is 9.59 Å². The third-order valence-corrected chi connectivity index (χ3v) is 7.11. The molecular formula is C23H22ClF2N5O2. The molecule has 0 atom stereocenters. The van der Waals surface area contributed by atoms with Crippen LogP contribution in [0.3, 0.4) is 0 Å². The number of anilines is 1. The molecular weight excluding hydrogens is 452 g/mol. The summed E-state index contributed by atoms with van der Waals surface area (Å²) < 4.78 is 28.8. The molecule has 3 heterocycles. The highest BCUT2D eigenvalue weighted by Gasteiger charge is 2.47. The Morgan fingerprint density at radius 2 is 1.94 bits per heavy atom. The lowest BCUT2D eigenvalue weighted by Gasteiger charge is -2.45. The van der Waals surface area contributed by atoms with Crippen LogP contribution in [0.4, 0.5) is 14.5 Å². The highest BCUT2D eigenvalue weighted by Crippen LogP contribution is 2.46. The fourth-order valence-electron chi connectivity index (χ4n) is 5.04. The van der Waals surface area contributed by atoms with Crippen LogP contribution in [0.5, 0.6) is 0 Å². The minimum atomic E-state index is -1.04. The molecule has 1 aliphatic carbocycles. The van der Waals surface area contributed by atoms with Gasteiger partial charge in [0.15, 0.2) is 17.3 Å². The zero-order valence-corrected chi connectivity index (χ0v) is 18.5. The van der Waals surface area contributed by atoms with Gasteiger partial charge in [-0.15, -0.1) is 0 Å². The summed E-state index contributed by atoms with van der Waals surface area (Å²) in [6.07, 6.45) is 7.03. The van der Waals surface area contributed by atoms with Gasteiger partial charge in [-0.2, -0.15) is 5.10 Å². The van der Waals surface area contributed by atoms with Gasteiger partial charge in [-0.25, -0.2) is 18.3 Å². The number of imidazole rings is 1. The maximum Gasteiger partial charge on any atom is 0.271 e. The number of rotatable bonds is 3. The molecule has 1 spiro atoms. The topological polar surface area (TPSA) is 79.6 Å². The van der Waals surface area contributed by atoms with E-state index in [4.69, 9.17) is 11.6 Å². The minimum Gasteiger partial charge on any atom is -0.348 e. The number of hydrogen-bond donors (Lipinski definition) is 1. The van der Waals surface area contributed by atoms with Gasteiger partial charge in [0.05, 0.1) is 16.9 Å². The molecule has 1 aromatic carbocycles. The summed E-state index contributed by atoms with van der Waals surface area (Å²) in [7, 11) is 0. The number of carbonyl (C=O) groups is 2. The van der Waals surface area contributed by atoms with Gasteiger partial charge in [-0.1, -0.05) is 11.6 Å². The number of halogens is 3. The molecule has 172 valence electrons.